The van der Waals surface area contributed by atoms with E-state index in [2.05, 4.69) is 0 Å². The highest BCUT2D eigenvalue weighted by atomic mass is 16.2. The summed E-state index contributed by atoms with van der Waals surface area (Å²) < 4.78 is 0. The lowest BCUT2D eigenvalue weighted by atomic mass is 10.0. The second-order valence-corrected chi connectivity index (χ2v) is 2.94. The van der Waals surface area contributed by atoms with Gasteiger partial charge in [-0.05, 0) is 0 Å². The highest BCUT2D eigenvalue weighted by molar-refractivity contribution is 7.00. The molecule has 0 atom stereocenters. The van der Waals surface area contributed by atoms with Crippen molar-refractivity contribution in [2.45, 2.75) is 0 Å². The van der Waals surface area contributed by atoms with Gasteiger partial charge < -0.3 is 0 Å². The van der Waals surface area contributed by atoms with Crippen molar-refractivity contribution in [3.8, 4) is 0 Å². The van der Waals surface area contributed by atoms with Gasteiger partial charge in [-0.1, -0.05) is 0 Å². The third-order valence-electron chi connectivity index (χ3n) is 1.69. The van der Waals surface area contributed by atoms with Crippen LogP contribution in [0.2, 0.25) is 0 Å². The number of hydrogen-bond donors (Lipinski definition) is 0. The summed E-state index contributed by atoms with van der Waals surface area (Å²) in [5, 5.41) is 0. The lowest BCUT2D eigenvalue weighted by Gasteiger charge is -1.94. The van der Waals surface area contributed by atoms with Gasteiger partial charge in [-0.3, -0.25) is 47.9 Å². The van der Waals surface area contributed by atoms with Crippen molar-refractivity contribution in [3.63, 3.8) is 0 Å². The highest BCUT2D eigenvalue weighted by Gasteiger charge is 2.39. The molecule has 0 aromatic rings. The van der Waals surface area contributed by atoms with Gasteiger partial charge in [0.1, 0.15) is 0 Å². The zero-order chi connectivity index (χ0) is 16.0. The van der Waals surface area contributed by atoms with E-state index in [0.29, 0.717) is 0 Å². The largest absolute Gasteiger partial charge is 0.294 e. The molecule has 0 saturated carbocycles. The molecule has 0 unspecified atom stereocenters. The third kappa shape index (κ3) is 3.35. The number of rotatable bonds is 9. The minimum atomic E-state index is -2.37. The van der Waals surface area contributed by atoms with E-state index in [1.165, 1.54) is 0 Å². The van der Waals surface area contributed by atoms with Gasteiger partial charge in [0, 0.05) is 0 Å². The normalized spacial score (nSPS) is 9.00. The van der Waals surface area contributed by atoms with E-state index in [1.807, 2.05) is 0 Å². The van der Waals surface area contributed by atoms with Crippen LogP contribution in [0.3, 0.4) is 0 Å². The van der Waals surface area contributed by atoms with Crippen molar-refractivity contribution < 1.29 is 47.9 Å². The molecule has 0 aliphatic carbocycles. The summed E-state index contributed by atoms with van der Waals surface area (Å²) in [6.07, 6.45) is -1.22. The van der Waals surface area contributed by atoms with Crippen molar-refractivity contribution >= 4 is 58.8 Å². The molecule has 0 radical (unpaired) electrons. The molecule has 102 valence electrons. The van der Waals surface area contributed by atoms with Crippen LogP contribution in [0.5, 0.6) is 0 Å². The molecule has 0 rings (SSSR count). The fourth-order valence-corrected chi connectivity index (χ4v) is 0.743. The van der Waals surface area contributed by atoms with Crippen molar-refractivity contribution in [2.24, 2.45) is 0 Å². The highest BCUT2D eigenvalue weighted by Crippen LogP contribution is 1.90. The third-order valence-corrected chi connectivity index (χ3v) is 1.69. The van der Waals surface area contributed by atoms with Crippen LogP contribution in [0.4, 0.5) is 0 Å². The predicted molar refractivity (Wildman–Crippen MR) is 52.2 cm³/mol. The summed E-state index contributed by atoms with van der Waals surface area (Å²) in [6, 6.07) is 0. The SMILES string of the molecule is O=CC(=O)C(=O)C(=O)C(=O)C(=O)C(=O)C(=O)C(=O)C=O. The molecule has 0 aliphatic rings. The van der Waals surface area contributed by atoms with Crippen molar-refractivity contribution in [1.82, 2.24) is 0 Å². The van der Waals surface area contributed by atoms with E-state index in [9.17, 15) is 47.9 Å². The average Bonchev–Trinajstić information content (AvgIpc) is 2.48. The second-order valence-electron chi connectivity index (χ2n) is 2.94. The second kappa shape index (κ2) is 6.58. The Hall–Kier alpha value is -3.30. The van der Waals surface area contributed by atoms with Crippen LogP contribution in [-0.4, -0.2) is 58.8 Å². The fourth-order valence-electron chi connectivity index (χ4n) is 0.743. The molecule has 10 heteroatoms. The molecule has 0 spiro atoms. The van der Waals surface area contributed by atoms with Crippen molar-refractivity contribution in [2.75, 3.05) is 0 Å². The van der Waals surface area contributed by atoms with Crippen molar-refractivity contribution in [1.29, 1.82) is 0 Å². The molecule has 0 aromatic heterocycles. The first-order chi connectivity index (χ1) is 9.18. The summed E-state index contributed by atoms with van der Waals surface area (Å²) in [7, 11) is 0. The van der Waals surface area contributed by atoms with E-state index >= 15 is 0 Å². The molecule has 0 bridgehead atoms. The van der Waals surface area contributed by atoms with Crippen LogP contribution in [0.15, 0.2) is 0 Å². The molecule has 0 aromatic carbocycles. The fraction of sp³-hybridized carbons (Fsp3) is 0. The summed E-state index contributed by atoms with van der Waals surface area (Å²) in [5.41, 5.74) is 0. The Bertz CT molecular complexity index is 552. The Morgan fingerprint density at radius 2 is 0.600 bits per heavy atom. The minimum absolute atomic E-state index is 0.610. The summed E-state index contributed by atoms with van der Waals surface area (Å²) in [6.45, 7) is 0. The van der Waals surface area contributed by atoms with Gasteiger partial charge in [0.2, 0.25) is 0 Å². The topological polar surface area (TPSA) is 171 Å². The van der Waals surface area contributed by atoms with E-state index < -0.39 is 58.8 Å². The summed E-state index contributed by atoms with van der Waals surface area (Å²) in [5.74, 6) is -17.6. The molecular weight excluding hydrogens is 280 g/mol. The van der Waals surface area contributed by atoms with Crippen LogP contribution in [-0.2, 0) is 47.9 Å². The Labute approximate surface area is 108 Å². The van der Waals surface area contributed by atoms with Gasteiger partial charge in [0.25, 0.3) is 46.3 Å². The Morgan fingerprint density at radius 3 is 0.800 bits per heavy atom. The monoisotopic (exact) mass is 282 g/mol. The summed E-state index contributed by atoms with van der Waals surface area (Å²) >= 11 is 0. The minimum Gasteiger partial charge on any atom is -0.294 e. The van der Waals surface area contributed by atoms with E-state index in [1.54, 1.807) is 0 Å². The van der Waals surface area contributed by atoms with E-state index in [-0.39, 0.29) is 0 Å². The summed E-state index contributed by atoms with van der Waals surface area (Å²) in [4.78, 5) is 106. The quantitative estimate of drug-likeness (QED) is 0.230. The predicted octanol–water partition coefficient (Wildman–Crippen LogP) is -4.06. The molecule has 0 amide bonds. The number of hydrogen-bond acceptors (Lipinski definition) is 10. The van der Waals surface area contributed by atoms with Gasteiger partial charge in [0.05, 0.1) is 0 Å². The molecule has 20 heavy (non-hydrogen) atoms. The number of ketones is 8. The first-order valence-corrected chi connectivity index (χ1v) is 4.43. The number of Topliss-reactive ketones (excluding diaryl/α,β-unsaturated/α-hetero) is 8. The standard InChI is InChI=1S/C10H2O10/c11-1-3(13)5(15)7(17)9(19)10(20)8(18)6(16)4(14)2-12/h1-2H. The number of carbonyl (C=O) groups is 10. The Morgan fingerprint density at radius 1 is 0.400 bits per heavy atom. The van der Waals surface area contributed by atoms with Crippen molar-refractivity contribution in [3.05, 3.63) is 0 Å². The van der Waals surface area contributed by atoms with Crippen LogP contribution in [0, 0.1) is 0 Å². The molecule has 0 N–H and O–H groups in total. The van der Waals surface area contributed by atoms with Gasteiger partial charge in [-0.15, -0.1) is 0 Å². The van der Waals surface area contributed by atoms with Gasteiger partial charge in [0.15, 0.2) is 12.6 Å². The van der Waals surface area contributed by atoms with Crippen LogP contribution >= 0.6 is 0 Å². The zero-order valence-corrected chi connectivity index (χ0v) is 9.24. The maximum atomic E-state index is 11.0. The van der Waals surface area contributed by atoms with Crippen LogP contribution in [0.25, 0.3) is 0 Å². The van der Waals surface area contributed by atoms with E-state index in [0.717, 1.165) is 0 Å². The molecule has 0 aliphatic heterocycles. The molecular formula is C10H2O10. The first kappa shape index (κ1) is 16.7. The van der Waals surface area contributed by atoms with Gasteiger partial charge in [-0.25, -0.2) is 0 Å². The van der Waals surface area contributed by atoms with Crippen LogP contribution in [0.1, 0.15) is 0 Å². The number of aldehydes is 2. The Kier molecular flexibility index (Phi) is 5.50. The molecule has 0 saturated heterocycles. The Balaban J connectivity index is 5.19. The maximum Gasteiger partial charge on any atom is 0.281 e. The first-order valence-electron chi connectivity index (χ1n) is 4.43. The lowest BCUT2D eigenvalue weighted by molar-refractivity contribution is -0.155. The van der Waals surface area contributed by atoms with Gasteiger partial charge in [-0.2, -0.15) is 0 Å². The maximum absolute atomic E-state index is 11.0. The molecule has 0 heterocycles. The molecule has 0 fully saturated rings. The smallest absolute Gasteiger partial charge is 0.281 e. The number of carbonyl (C=O) groups excluding carboxylic acids is 10. The average molecular weight is 282 g/mol. The van der Waals surface area contributed by atoms with E-state index in [4.69, 9.17) is 0 Å². The lowest BCUT2D eigenvalue weighted by Crippen LogP contribution is -2.42. The zero-order valence-electron chi connectivity index (χ0n) is 9.24. The van der Waals surface area contributed by atoms with Crippen LogP contribution < -0.4 is 0 Å². The molecule has 10 nitrogen and oxygen atoms in total. The van der Waals surface area contributed by atoms with Gasteiger partial charge >= 0.3 is 0 Å².